The Bertz CT molecular complexity index is 1230. The number of ether oxygens (including phenoxy) is 1. The van der Waals surface area contributed by atoms with Crippen molar-refractivity contribution in [1.29, 1.82) is 0 Å². The molecular formula is C24H25ClN4O5. The average molecular weight is 485 g/mol. The lowest BCUT2D eigenvalue weighted by atomic mass is 9.64. The number of halogens is 1. The van der Waals surface area contributed by atoms with Crippen molar-refractivity contribution in [3.63, 3.8) is 0 Å². The van der Waals surface area contributed by atoms with Gasteiger partial charge in [-0.15, -0.1) is 0 Å². The molecule has 2 unspecified atom stereocenters. The van der Waals surface area contributed by atoms with E-state index in [0.717, 1.165) is 0 Å². The maximum atomic E-state index is 13.7. The molecule has 9 nitrogen and oxygen atoms in total. The number of carbonyl (C=O) groups is 2. The average Bonchev–Trinajstić information content (AvgIpc) is 3.07. The van der Waals surface area contributed by atoms with Gasteiger partial charge in [0.15, 0.2) is 5.78 Å². The lowest BCUT2D eigenvalue weighted by Gasteiger charge is -2.37. The molecule has 0 heterocycles. The minimum Gasteiger partial charge on any atom is -0.495 e. The van der Waals surface area contributed by atoms with Crippen molar-refractivity contribution < 1.29 is 19.2 Å². The number of rotatable bonds is 6. The summed E-state index contributed by atoms with van der Waals surface area (Å²) in [7, 11) is 1.49. The van der Waals surface area contributed by atoms with Crippen molar-refractivity contribution in [2.75, 3.05) is 17.9 Å². The highest BCUT2D eigenvalue weighted by Gasteiger charge is 2.76. The van der Waals surface area contributed by atoms with E-state index in [9.17, 15) is 19.7 Å². The number of ketones is 1. The Kier molecular flexibility index (Phi) is 5.64. The van der Waals surface area contributed by atoms with E-state index >= 15 is 0 Å². The van der Waals surface area contributed by atoms with E-state index in [2.05, 4.69) is 15.8 Å². The van der Waals surface area contributed by atoms with Crippen molar-refractivity contribution in [2.45, 2.75) is 33.6 Å². The highest BCUT2D eigenvalue weighted by atomic mass is 35.5. The zero-order chi connectivity index (χ0) is 24.9. The van der Waals surface area contributed by atoms with Crippen LogP contribution in [-0.4, -0.2) is 29.4 Å². The first kappa shape index (κ1) is 23.7. The second kappa shape index (κ2) is 8.09. The number of nitro groups is 1. The van der Waals surface area contributed by atoms with Crippen LogP contribution in [0.1, 0.15) is 33.6 Å². The van der Waals surface area contributed by atoms with Crippen molar-refractivity contribution in [1.82, 2.24) is 0 Å². The van der Waals surface area contributed by atoms with Gasteiger partial charge in [0.05, 0.1) is 23.4 Å². The fourth-order valence-corrected chi connectivity index (χ4v) is 5.43. The van der Waals surface area contributed by atoms with Gasteiger partial charge in [0.2, 0.25) is 5.91 Å². The van der Waals surface area contributed by atoms with Crippen molar-refractivity contribution in [3.05, 3.63) is 57.6 Å². The summed E-state index contributed by atoms with van der Waals surface area (Å²) < 4.78 is 5.34. The quantitative estimate of drug-likeness (QED) is 0.335. The number of fused-ring (bicyclic) bond motifs is 2. The molecule has 2 bridgehead atoms. The number of hydrazone groups is 1. The Morgan fingerprint density at radius 3 is 2.44 bits per heavy atom. The summed E-state index contributed by atoms with van der Waals surface area (Å²) >= 11 is 6.11. The normalized spacial score (nSPS) is 25.9. The summed E-state index contributed by atoms with van der Waals surface area (Å²) in [5, 5.41) is 18.6. The van der Waals surface area contributed by atoms with Crippen LogP contribution in [0, 0.1) is 26.4 Å². The SMILES string of the molecule is COc1ccc(Cl)cc1NC(=O)C12CCC(C)(C(=NNc3ccc([N+](=O)[O-])cc3)C1=O)C2(C)C. The van der Waals surface area contributed by atoms with Crippen LogP contribution in [0.5, 0.6) is 5.75 Å². The van der Waals surface area contributed by atoms with Crippen LogP contribution < -0.4 is 15.5 Å². The van der Waals surface area contributed by atoms with E-state index in [-0.39, 0.29) is 17.2 Å². The number of benzene rings is 2. The van der Waals surface area contributed by atoms with E-state index in [1.54, 1.807) is 18.2 Å². The summed E-state index contributed by atoms with van der Waals surface area (Å²) in [4.78, 5) is 37.8. The van der Waals surface area contributed by atoms with E-state index in [4.69, 9.17) is 16.3 Å². The molecular weight excluding hydrogens is 460 g/mol. The highest BCUT2D eigenvalue weighted by Crippen LogP contribution is 2.69. The molecule has 1 amide bonds. The van der Waals surface area contributed by atoms with Crippen LogP contribution in [-0.2, 0) is 9.59 Å². The zero-order valence-corrected chi connectivity index (χ0v) is 20.0. The van der Waals surface area contributed by atoms with Crippen LogP contribution in [0.15, 0.2) is 47.6 Å². The van der Waals surface area contributed by atoms with E-state index in [0.29, 0.717) is 35.0 Å². The Balaban J connectivity index is 1.67. The predicted molar refractivity (Wildman–Crippen MR) is 129 cm³/mol. The first-order valence-corrected chi connectivity index (χ1v) is 11.1. The second-order valence-electron chi connectivity index (χ2n) is 9.37. The standard InChI is InChI=1S/C24H25ClN4O5/c1-22(2)23(3)11-12-24(22,21(31)26-17-13-14(25)5-10-18(17)34-4)20(30)19(23)28-27-15-6-8-16(9-7-15)29(32)33/h5-10,13,27H,11-12H2,1-4H3,(H,26,31). The van der Waals surface area contributed by atoms with Gasteiger partial charge >= 0.3 is 0 Å². The van der Waals surface area contributed by atoms with Gasteiger partial charge in [0, 0.05) is 22.6 Å². The van der Waals surface area contributed by atoms with Crippen molar-refractivity contribution in [2.24, 2.45) is 21.3 Å². The van der Waals surface area contributed by atoms with Gasteiger partial charge in [0.1, 0.15) is 16.9 Å². The third kappa shape index (κ3) is 3.26. The van der Waals surface area contributed by atoms with E-state index < -0.39 is 27.1 Å². The lowest BCUT2D eigenvalue weighted by Crippen LogP contribution is -2.47. The molecule has 2 aromatic rings. The molecule has 34 heavy (non-hydrogen) atoms. The Morgan fingerprint density at radius 2 is 1.82 bits per heavy atom. The number of non-ortho nitro benzene ring substituents is 1. The van der Waals surface area contributed by atoms with E-state index in [1.807, 2.05) is 20.8 Å². The predicted octanol–water partition coefficient (Wildman–Crippen LogP) is 5.06. The van der Waals surface area contributed by atoms with Crippen LogP contribution in [0.3, 0.4) is 0 Å². The third-order valence-corrected chi connectivity index (χ3v) is 7.98. The number of hydrogen-bond donors (Lipinski definition) is 2. The van der Waals surface area contributed by atoms with Gasteiger partial charge in [0.25, 0.3) is 5.69 Å². The van der Waals surface area contributed by atoms with Gasteiger partial charge in [-0.3, -0.25) is 25.1 Å². The molecule has 0 radical (unpaired) electrons. The fraction of sp³-hybridized carbons (Fsp3) is 0.375. The van der Waals surface area contributed by atoms with Crippen LogP contribution in [0.2, 0.25) is 5.02 Å². The zero-order valence-electron chi connectivity index (χ0n) is 19.3. The van der Waals surface area contributed by atoms with Crippen LogP contribution >= 0.6 is 11.6 Å². The first-order chi connectivity index (χ1) is 16.0. The molecule has 0 saturated heterocycles. The summed E-state index contributed by atoms with van der Waals surface area (Å²) in [6.45, 7) is 5.78. The Morgan fingerprint density at radius 1 is 1.15 bits per heavy atom. The molecule has 2 aliphatic carbocycles. The molecule has 4 rings (SSSR count). The molecule has 2 aromatic carbocycles. The van der Waals surface area contributed by atoms with Crippen LogP contribution in [0.4, 0.5) is 17.1 Å². The highest BCUT2D eigenvalue weighted by molar-refractivity contribution is 6.51. The number of nitro benzene ring substituents is 1. The number of nitrogens with zero attached hydrogens (tertiary/aromatic N) is 2. The molecule has 10 heteroatoms. The third-order valence-electron chi connectivity index (χ3n) is 7.74. The number of hydrogen-bond acceptors (Lipinski definition) is 7. The minimum atomic E-state index is -1.31. The molecule has 0 aromatic heterocycles. The number of nitrogens with one attached hydrogen (secondary N) is 2. The summed E-state index contributed by atoms with van der Waals surface area (Å²) in [6, 6.07) is 10.6. The molecule has 2 saturated carbocycles. The first-order valence-electron chi connectivity index (χ1n) is 10.8. The molecule has 0 spiro atoms. The second-order valence-corrected chi connectivity index (χ2v) is 9.80. The minimum absolute atomic E-state index is 0.0469. The fourth-order valence-electron chi connectivity index (χ4n) is 5.26. The summed E-state index contributed by atoms with van der Waals surface area (Å²) in [5.74, 6) is -0.321. The van der Waals surface area contributed by atoms with Gasteiger partial charge < -0.3 is 10.1 Å². The molecule has 2 aliphatic rings. The van der Waals surface area contributed by atoms with Crippen molar-refractivity contribution in [3.8, 4) is 5.75 Å². The van der Waals surface area contributed by atoms with Gasteiger partial charge in [-0.1, -0.05) is 32.4 Å². The number of methoxy groups -OCH3 is 1. The summed E-state index contributed by atoms with van der Waals surface area (Å²) in [6.07, 6.45) is 0.993. The largest absolute Gasteiger partial charge is 0.495 e. The number of amides is 1. The Hall–Kier alpha value is -3.46. The molecule has 178 valence electrons. The molecule has 2 fully saturated rings. The smallest absolute Gasteiger partial charge is 0.269 e. The monoisotopic (exact) mass is 484 g/mol. The van der Waals surface area contributed by atoms with Crippen molar-refractivity contribution >= 4 is 46.1 Å². The summed E-state index contributed by atoms with van der Waals surface area (Å²) in [5.41, 5.74) is 1.29. The van der Waals surface area contributed by atoms with E-state index in [1.165, 1.54) is 31.4 Å². The number of Topliss-reactive ketones (excluding diaryl/α,β-unsaturated/α-hetero) is 1. The number of anilines is 2. The Labute approximate surface area is 201 Å². The molecule has 2 N–H and O–H groups in total. The number of carbonyl (C=O) groups excluding carboxylic acids is 2. The van der Waals surface area contributed by atoms with Gasteiger partial charge in [-0.25, -0.2) is 0 Å². The maximum Gasteiger partial charge on any atom is 0.269 e. The lowest BCUT2D eigenvalue weighted by molar-refractivity contribution is -0.384. The maximum absolute atomic E-state index is 13.7. The molecule has 2 atom stereocenters. The van der Waals surface area contributed by atoms with Gasteiger partial charge in [-0.2, -0.15) is 5.10 Å². The molecule has 0 aliphatic heterocycles. The topological polar surface area (TPSA) is 123 Å². The van der Waals surface area contributed by atoms with Crippen LogP contribution in [0.25, 0.3) is 0 Å². The van der Waals surface area contributed by atoms with Gasteiger partial charge in [-0.05, 0) is 48.6 Å².